The van der Waals surface area contributed by atoms with Crippen LogP contribution < -0.4 is 4.90 Å². The van der Waals surface area contributed by atoms with Crippen molar-refractivity contribution >= 4 is 11.6 Å². The van der Waals surface area contributed by atoms with E-state index in [0.29, 0.717) is 24.2 Å². The second kappa shape index (κ2) is 13.4. The van der Waals surface area contributed by atoms with E-state index in [9.17, 15) is 9.18 Å². The highest BCUT2D eigenvalue weighted by atomic mass is 19.1. The van der Waals surface area contributed by atoms with Gasteiger partial charge in [-0.05, 0) is 61.4 Å². The van der Waals surface area contributed by atoms with Crippen LogP contribution in [-0.2, 0) is 17.6 Å². The van der Waals surface area contributed by atoms with Crippen LogP contribution in [0, 0.1) is 12.7 Å². The normalized spacial score (nSPS) is 12.9. The monoisotopic (exact) mass is 419 g/mol. The van der Waals surface area contributed by atoms with Gasteiger partial charge in [0.25, 0.3) is 0 Å². The SMILES string of the molecule is CCc1ccccc1.CCc1ccccc1.Cc1ccc(N2CCCCC2=O)cc1F. The van der Waals surface area contributed by atoms with E-state index in [0.717, 1.165) is 25.7 Å². The minimum Gasteiger partial charge on any atom is -0.312 e. The molecule has 0 spiro atoms. The number of hydrogen-bond donors (Lipinski definition) is 0. The lowest BCUT2D eigenvalue weighted by atomic mass is 10.1. The molecule has 2 nitrogen and oxygen atoms in total. The van der Waals surface area contributed by atoms with Crippen molar-refractivity contribution in [3.8, 4) is 0 Å². The lowest BCUT2D eigenvalue weighted by molar-refractivity contribution is -0.119. The number of carbonyl (C=O) groups is 1. The minimum absolute atomic E-state index is 0.101. The number of anilines is 1. The smallest absolute Gasteiger partial charge is 0.226 e. The summed E-state index contributed by atoms with van der Waals surface area (Å²) in [5.74, 6) is -0.143. The van der Waals surface area contributed by atoms with Gasteiger partial charge in [0.2, 0.25) is 5.91 Å². The Balaban J connectivity index is 0.000000181. The van der Waals surface area contributed by atoms with E-state index in [4.69, 9.17) is 0 Å². The van der Waals surface area contributed by atoms with E-state index in [1.165, 1.54) is 17.2 Å². The van der Waals surface area contributed by atoms with Crippen molar-refractivity contribution in [3.05, 3.63) is 101 Å². The maximum atomic E-state index is 13.3. The average Bonchev–Trinajstić information content (AvgIpc) is 2.83. The van der Waals surface area contributed by atoms with Gasteiger partial charge in [-0.15, -0.1) is 0 Å². The molecule has 0 unspecified atom stereocenters. The topological polar surface area (TPSA) is 20.3 Å². The van der Waals surface area contributed by atoms with Crippen molar-refractivity contribution in [2.24, 2.45) is 0 Å². The number of benzene rings is 3. The summed E-state index contributed by atoms with van der Waals surface area (Å²) in [7, 11) is 0. The van der Waals surface area contributed by atoms with Crippen molar-refractivity contribution in [1.82, 2.24) is 0 Å². The number of piperidine rings is 1. The number of rotatable bonds is 3. The zero-order chi connectivity index (χ0) is 22.5. The number of hydrogen-bond acceptors (Lipinski definition) is 1. The summed E-state index contributed by atoms with van der Waals surface area (Å²) in [6.07, 6.45) is 4.81. The molecule has 3 heteroatoms. The predicted molar refractivity (Wildman–Crippen MR) is 129 cm³/mol. The maximum absolute atomic E-state index is 13.3. The molecule has 0 saturated carbocycles. The summed E-state index contributed by atoms with van der Waals surface area (Å²) in [6.45, 7) is 6.75. The first-order chi connectivity index (χ1) is 15.0. The lowest BCUT2D eigenvalue weighted by Crippen LogP contribution is -2.35. The summed E-state index contributed by atoms with van der Waals surface area (Å²) in [4.78, 5) is 13.3. The summed E-state index contributed by atoms with van der Waals surface area (Å²) >= 11 is 0. The van der Waals surface area contributed by atoms with Crippen LogP contribution in [-0.4, -0.2) is 12.5 Å². The fourth-order valence-corrected chi connectivity index (χ4v) is 3.26. The Labute approximate surface area is 186 Å². The fourth-order valence-electron chi connectivity index (χ4n) is 3.26. The largest absolute Gasteiger partial charge is 0.312 e. The highest BCUT2D eigenvalue weighted by Gasteiger charge is 2.19. The van der Waals surface area contributed by atoms with E-state index < -0.39 is 0 Å². The number of halogens is 1. The first-order valence-corrected chi connectivity index (χ1v) is 11.2. The Hall–Kier alpha value is -2.94. The van der Waals surface area contributed by atoms with Gasteiger partial charge in [0.15, 0.2) is 0 Å². The Morgan fingerprint density at radius 2 is 1.35 bits per heavy atom. The molecule has 1 aliphatic heterocycles. The molecule has 1 fully saturated rings. The molecule has 4 rings (SSSR count). The molecule has 1 heterocycles. The van der Waals surface area contributed by atoms with Crippen molar-refractivity contribution in [1.29, 1.82) is 0 Å². The van der Waals surface area contributed by atoms with Crippen LogP contribution in [0.1, 0.15) is 49.8 Å². The van der Waals surface area contributed by atoms with Gasteiger partial charge in [-0.1, -0.05) is 80.6 Å². The van der Waals surface area contributed by atoms with Crippen molar-refractivity contribution in [2.45, 2.75) is 52.9 Å². The van der Waals surface area contributed by atoms with Gasteiger partial charge >= 0.3 is 0 Å². The maximum Gasteiger partial charge on any atom is 0.226 e. The second-order valence-corrected chi connectivity index (χ2v) is 7.61. The molecule has 1 saturated heterocycles. The van der Waals surface area contributed by atoms with Crippen molar-refractivity contribution in [2.75, 3.05) is 11.4 Å². The first kappa shape index (κ1) is 24.3. The van der Waals surface area contributed by atoms with Gasteiger partial charge in [0.1, 0.15) is 5.82 Å². The average molecular weight is 420 g/mol. The molecule has 1 aliphatic rings. The molecule has 1 amide bonds. The first-order valence-electron chi connectivity index (χ1n) is 11.2. The third kappa shape index (κ3) is 8.37. The third-order valence-electron chi connectivity index (χ3n) is 5.29. The van der Waals surface area contributed by atoms with E-state index in [2.05, 4.69) is 62.4 Å². The van der Waals surface area contributed by atoms with Crippen molar-refractivity contribution < 1.29 is 9.18 Å². The molecular formula is C28H34FNO. The van der Waals surface area contributed by atoms with Gasteiger partial charge < -0.3 is 4.90 Å². The van der Waals surface area contributed by atoms with Gasteiger partial charge in [0.05, 0.1) is 0 Å². The predicted octanol–water partition coefficient (Wildman–Crippen LogP) is 7.15. The summed E-state index contributed by atoms with van der Waals surface area (Å²) in [5, 5.41) is 0. The van der Waals surface area contributed by atoms with Crippen molar-refractivity contribution in [3.63, 3.8) is 0 Å². The zero-order valence-electron chi connectivity index (χ0n) is 19.0. The van der Waals surface area contributed by atoms with Crippen LogP contribution in [0.4, 0.5) is 10.1 Å². The molecule has 0 aromatic heterocycles. The van der Waals surface area contributed by atoms with Gasteiger partial charge in [-0.25, -0.2) is 4.39 Å². The van der Waals surface area contributed by atoms with Crippen LogP contribution in [0.15, 0.2) is 78.9 Å². The molecule has 3 aromatic rings. The molecule has 0 bridgehead atoms. The zero-order valence-corrected chi connectivity index (χ0v) is 19.0. The number of carbonyl (C=O) groups excluding carboxylic acids is 1. The van der Waals surface area contributed by atoms with Crippen LogP contribution in [0.25, 0.3) is 0 Å². The molecule has 0 N–H and O–H groups in total. The number of amides is 1. The fraction of sp³-hybridized carbons (Fsp3) is 0.321. The molecule has 31 heavy (non-hydrogen) atoms. The van der Waals surface area contributed by atoms with E-state index >= 15 is 0 Å². The van der Waals surface area contributed by atoms with Crippen LogP contribution in [0.2, 0.25) is 0 Å². The van der Waals surface area contributed by atoms with Crippen LogP contribution in [0.5, 0.6) is 0 Å². The van der Waals surface area contributed by atoms with E-state index in [1.54, 1.807) is 17.9 Å². The molecular weight excluding hydrogens is 385 g/mol. The molecule has 164 valence electrons. The van der Waals surface area contributed by atoms with Gasteiger partial charge in [-0.2, -0.15) is 0 Å². The highest BCUT2D eigenvalue weighted by molar-refractivity contribution is 5.93. The summed E-state index contributed by atoms with van der Waals surface area (Å²) in [6, 6.07) is 25.9. The van der Waals surface area contributed by atoms with E-state index in [1.807, 2.05) is 18.2 Å². The number of nitrogens with zero attached hydrogens (tertiary/aromatic N) is 1. The standard InChI is InChI=1S/C12H14FNO.2C8H10/c1-9-5-6-10(8-11(9)13)14-7-3-2-4-12(14)15;2*1-2-8-6-4-3-5-7-8/h5-6,8H,2-4,7H2,1H3;2*3-7H,2H2,1H3. The van der Waals surface area contributed by atoms with Crippen LogP contribution in [0.3, 0.4) is 0 Å². The summed E-state index contributed by atoms with van der Waals surface area (Å²) < 4.78 is 13.3. The van der Waals surface area contributed by atoms with E-state index in [-0.39, 0.29) is 11.7 Å². The molecule has 3 aromatic carbocycles. The number of aryl methyl sites for hydroxylation is 3. The minimum atomic E-state index is -0.245. The molecule has 0 atom stereocenters. The van der Waals surface area contributed by atoms with Gasteiger partial charge in [0, 0.05) is 18.7 Å². The summed E-state index contributed by atoms with van der Waals surface area (Å²) in [5.41, 5.74) is 4.12. The Morgan fingerprint density at radius 3 is 1.77 bits per heavy atom. The van der Waals surface area contributed by atoms with Gasteiger partial charge in [-0.3, -0.25) is 4.79 Å². The lowest BCUT2D eigenvalue weighted by Gasteiger charge is -2.26. The quantitative estimate of drug-likeness (QED) is 0.441. The third-order valence-corrected chi connectivity index (χ3v) is 5.29. The Morgan fingerprint density at radius 1 is 0.806 bits per heavy atom. The van der Waals surface area contributed by atoms with Crippen LogP contribution >= 0.6 is 0 Å². The molecule has 0 radical (unpaired) electrons. The highest BCUT2D eigenvalue weighted by Crippen LogP contribution is 2.22. The second-order valence-electron chi connectivity index (χ2n) is 7.61. The Bertz CT molecular complexity index is 869. The molecule has 0 aliphatic carbocycles. The Kier molecular flexibility index (Phi) is 10.5.